The molecule has 0 atom stereocenters. The number of hydrogen-bond acceptors (Lipinski definition) is 4. The summed E-state index contributed by atoms with van der Waals surface area (Å²) in [5.41, 5.74) is 3.29. The van der Waals surface area contributed by atoms with Crippen molar-refractivity contribution in [2.75, 3.05) is 18.4 Å². The van der Waals surface area contributed by atoms with Gasteiger partial charge in [0.15, 0.2) is 5.13 Å². The van der Waals surface area contributed by atoms with Crippen LogP contribution in [-0.2, 0) is 16.0 Å². The van der Waals surface area contributed by atoms with Gasteiger partial charge in [0.1, 0.15) is 0 Å². The molecule has 0 unspecified atom stereocenters. The zero-order valence-electron chi connectivity index (χ0n) is 18.0. The maximum atomic E-state index is 13.0. The molecule has 3 aromatic rings. The van der Waals surface area contributed by atoms with Crippen LogP contribution in [0.3, 0.4) is 0 Å². The summed E-state index contributed by atoms with van der Waals surface area (Å²) in [5, 5.41) is 3.72. The Bertz CT molecular complexity index is 1080. The third-order valence-electron chi connectivity index (χ3n) is 6.28. The second-order valence-electron chi connectivity index (χ2n) is 8.69. The maximum absolute atomic E-state index is 13.0. The van der Waals surface area contributed by atoms with E-state index >= 15 is 0 Å². The van der Waals surface area contributed by atoms with Crippen molar-refractivity contribution in [3.8, 4) is 10.4 Å². The fourth-order valence-corrected chi connectivity index (χ4v) is 5.28. The first-order chi connectivity index (χ1) is 15.7. The monoisotopic (exact) mass is 445 g/mol. The molecule has 2 aliphatic rings. The van der Waals surface area contributed by atoms with E-state index < -0.39 is 0 Å². The van der Waals surface area contributed by atoms with E-state index in [1.165, 1.54) is 16.9 Å². The molecule has 5 rings (SSSR count). The SMILES string of the molecule is O=C(Nc1nc(Cc2ccccc2)c(-c2ccccc2)s1)C1CCN(C(=O)C2CC2)CC1. The summed E-state index contributed by atoms with van der Waals surface area (Å²) in [5.74, 6) is 0.472. The van der Waals surface area contributed by atoms with Crippen LogP contribution >= 0.6 is 11.3 Å². The van der Waals surface area contributed by atoms with E-state index in [0.717, 1.165) is 48.2 Å². The first-order valence-corrected chi connectivity index (χ1v) is 12.2. The highest BCUT2D eigenvalue weighted by Gasteiger charge is 2.36. The van der Waals surface area contributed by atoms with Crippen molar-refractivity contribution >= 4 is 28.3 Å². The third kappa shape index (κ3) is 4.75. The molecule has 0 radical (unpaired) electrons. The number of carbonyl (C=O) groups is 2. The fourth-order valence-electron chi connectivity index (χ4n) is 4.29. The van der Waals surface area contributed by atoms with E-state index in [-0.39, 0.29) is 23.7 Å². The fraction of sp³-hybridized carbons (Fsp3) is 0.346. The van der Waals surface area contributed by atoms with Crippen molar-refractivity contribution in [2.45, 2.75) is 32.1 Å². The zero-order valence-corrected chi connectivity index (χ0v) is 18.8. The molecule has 1 N–H and O–H groups in total. The number of benzene rings is 2. The Labute approximate surface area is 192 Å². The second-order valence-corrected chi connectivity index (χ2v) is 9.69. The van der Waals surface area contributed by atoms with Gasteiger partial charge in [-0.2, -0.15) is 0 Å². The third-order valence-corrected chi connectivity index (χ3v) is 7.34. The van der Waals surface area contributed by atoms with Gasteiger partial charge in [0.05, 0.1) is 10.6 Å². The van der Waals surface area contributed by atoms with Crippen LogP contribution in [0.4, 0.5) is 5.13 Å². The lowest BCUT2D eigenvalue weighted by atomic mass is 9.95. The van der Waals surface area contributed by atoms with Crippen LogP contribution in [0.2, 0.25) is 0 Å². The Kier molecular flexibility index (Phi) is 6.04. The topological polar surface area (TPSA) is 62.3 Å². The average Bonchev–Trinajstić information content (AvgIpc) is 3.62. The van der Waals surface area contributed by atoms with E-state index in [1.54, 1.807) is 0 Å². The highest BCUT2D eigenvalue weighted by molar-refractivity contribution is 7.19. The van der Waals surface area contributed by atoms with Gasteiger partial charge in [0, 0.05) is 31.3 Å². The van der Waals surface area contributed by atoms with Gasteiger partial charge in [0.25, 0.3) is 0 Å². The number of piperidine rings is 1. The minimum absolute atomic E-state index is 0.0168. The van der Waals surface area contributed by atoms with Gasteiger partial charge in [-0.15, -0.1) is 0 Å². The van der Waals surface area contributed by atoms with Gasteiger partial charge < -0.3 is 10.2 Å². The molecule has 0 spiro atoms. The molecule has 1 saturated carbocycles. The summed E-state index contributed by atoms with van der Waals surface area (Å²) >= 11 is 1.53. The summed E-state index contributed by atoms with van der Waals surface area (Å²) in [6.45, 7) is 1.36. The molecule has 1 aliphatic carbocycles. The van der Waals surface area contributed by atoms with E-state index in [0.29, 0.717) is 18.2 Å². The number of amides is 2. The number of hydrogen-bond donors (Lipinski definition) is 1. The molecule has 2 aromatic carbocycles. The first-order valence-electron chi connectivity index (χ1n) is 11.4. The maximum Gasteiger partial charge on any atom is 0.229 e. The van der Waals surface area contributed by atoms with Gasteiger partial charge in [-0.3, -0.25) is 9.59 Å². The predicted octanol–water partition coefficient (Wildman–Crippen LogP) is 4.99. The minimum atomic E-state index is -0.0695. The standard InChI is InChI=1S/C26H27N3O2S/c30-24(20-13-15-29(16-14-20)25(31)21-11-12-21)28-26-27-22(17-18-7-3-1-4-8-18)23(32-26)19-9-5-2-6-10-19/h1-10,20-21H,11-17H2,(H,27,28,30). The summed E-state index contributed by atoms with van der Waals surface area (Å²) in [7, 11) is 0. The predicted molar refractivity (Wildman–Crippen MR) is 127 cm³/mol. The van der Waals surface area contributed by atoms with Crippen molar-refractivity contribution < 1.29 is 9.59 Å². The number of nitrogens with one attached hydrogen (secondary N) is 1. The van der Waals surface area contributed by atoms with Crippen molar-refractivity contribution in [3.63, 3.8) is 0 Å². The normalized spacial score (nSPS) is 16.7. The average molecular weight is 446 g/mol. The largest absolute Gasteiger partial charge is 0.342 e. The van der Waals surface area contributed by atoms with E-state index in [4.69, 9.17) is 4.98 Å². The van der Waals surface area contributed by atoms with Gasteiger partial charge in [0.2, 0.25) is 11.8 Å². The molecule has 6 heteroatoms. The van der Waals surface area contributed by atoms with E-state index in [1.807, 2.05) is 41.3 Å². The number of likely N-dealkylation sites (tertiary alicyclic amines) is 1. The molecule has 5 nitrogen and oxygen atoms in total. The van der Waals surface area contributed by atoms with Gasteiger partial charge >= 0.3 is 0 Å². The van der Waals surface area contributed by atoms with Crippen molar-refractivity contribution in [1.82, 2.24) is 9.88 Å². The summed E-state index contributed by atoms with van der Waals surface area (Å²) in [6, 6.07) is 20.5. The van der Waals surface area contributed by atoms with Gasteiger partial charge in [-0.05, 0) is 36.8 Å². The van der Waals surface area contributed by atoms with E-state index in [9.17, 15) is 9.59 Å². The lowest BCUT2D eigenvalue weighted by Crippen LogP contribution is -2.42. The molecule has 1 saturated heterocycles. The molecule has 2 heterocycles. The van der Waals surface area contributed by atoms with Crippen LogP contribution < -0.4 is 5.32 Å². The molecular formula is C26H27N3O2S. The van der Waals surface area contributed by atoms with Crippen LogP contribution in [0.15, 0.2) is 60.7 Å². The molecular weight excluding hydrogens is 418 g/mol. The Morgan fingerprint density at radius 2 is 1.56 bits per heavy atom. The van der Waals surface area contributed by atoms with Crippen molar-refractivity contribution in [1.29, 1.82) is 0 Å². The molecule has 2 fully saturated rings. The molecule has 32 heavy (non-hydrogen) atoms. The number of thiazole rings is 1. The lowest BCUT2D eigenvalue weighted by molar-refractivity contribution is -0.135. The van der Waals surface area contributed by atoms with Gasteiger partial charge in [-0.1, -0.05) is 72.0 Å². The second kappa shape index (κ2) is 9.25. The Balaban J connectivity index is 1.29. The number of rotatable bonds is 6. The Hall–Kier alpha value is -2.99. The van der Waals surface area contributed by atoms with Crippen molar-refractivity contribution in [3.05, 3.63) is 71.9 Å². The summed E-state index contributed by atoms with van der Waals surface area (Å²) < 4.78 is 0. The highest BCUT2D eigenvalue weighted by Crippen LogP contribution is 2.35. The van der Waals surface area contributed by atoms with Crippen LogP contribution in [-0.4, -0.2) is 34.8 Å². The lowest BCUT2D eigenvalue weighted by Gasteiger charge is -2.31. The van der Waals surface area contributed by atoms with E-state index in [2.05, 4.69) is 29.6 Å². The smallest absolute Gasteiger partial charge is 0.229 e. The molecule has 1 aromatic heterocycles. The number of carbonyl (C=O) groups excluding carboxylic acids is 2. The first kappa shape index (κ1) is 20.9. The van der Waals surface area contributed by atoms with Gasteiger partial charge in [-0.25, -0.2) is 4.98 Å². The Morgan fingerprint density at radius 1 is 0.906 bits per heavy atom. The number of anilines is 1. The molecule has 1 aliphatic heterocycles. The summed E-state index contributed by atoms with van der Waals surface area (Å²) in [6.07, 6.45) is 4.21. The van der Waals surface area contributed by atoms with Crippen molar-refractivity contribution in [2.24, 2.45) is 11.8 Å². The minimum Gasteiger partial charge on any atom is -0.342 e. The van der Waals surface area contributed by atoms with Crippen LogP contribution in [0, 0.1) is 11.8 Å². The highest BCUT2D eigenvalue weighted by atomic mass is 32.1. The quantitative estimate of drug-likeness (QED) is 0.582. The molecule has 164 valence electrons. The number of nitrogens with zero attached hydrogens (tertiary/aromatic N) is 2. The van der Waals surface area contributed by atoms with Crippen LogP contribution in [0.5, 0.6) is 0 Å². The molecule has 0 bridgehead atoms. The molecule has 2 amide bonds. The number of aromatic nitrogens is 1. The van der Waals surface area contributed by atoms with Crippen LogP contribution in [0.25, 0.3) is 10.4 Å². The zero-order chi connectivity index (χ0) is 21.9. The van der Waals surface area contributed by atoms with Crippen LogP contribution in [0.1, 0.15) is 36.9 Å². The summed E-state index contributed by atoms with van der Waals surface area (Å²) in [4.78, 5) is 33.1. The Morgan fingerprint density at radius 3 is 2.22 bits per heavy atom.